The summed E-state index contributed by atoms with van der Waals surface area (Å²) in [4.78, 5) is 39.1. The molecule has 2 N–H and O–H groups in total. The Morgan fingerprint density at radius 2 is 1.62 bits per heavy atom. The molecule has 0 unspecified atom stereocenters. The van der Waals surface area contributed by atoms with Gasteiger partial charge in [0.25, 0.3) is 0 Å². The third kappa shape index (κ3) is 10.4. The summed E-state index contributed by atoms with van der Waals surface area (Å²) in [6.45, 7) is 6.32. The smallest absolute Gasteiger partial charge is 0.465 e. The summed E-state index contributed by atoms with van der Waals surface area (Å²) in [5.74, 6) is -0.203. The Balaban J connectivity index is 1.47. The third-order valence-corrected chi connectivity index (χ3v) is 8.88. The second-order valence-electron chi connectivity index (χ2n) is 12.1. The van der Waals surface area contributed by atoms with Gasteiger partial charge in [0.1, 0.15) is 12.6 Å². The van der Waals surface area contributed by atoms with Gasteiger partial charge in [0.05, 0.1) is 18.2 Å². The van der Waals surface area contributed by atoms with E-state index in [1.165, 1.54) is 51.4 Å². The zero-order chi connectivity index (χ0) is 30.2. The Labute approximate surface area is 253 Å². The quantitative estimate of drug-likeness (QED) is 0.125. The number of esters is 1. The van der Waals surface area contributed by atoms with E-state index < -0.39 is 30.0 Å². The van der Waals surface area contributed by atoms with E-state index in [1.807, 2.05) is 37.3 Å². The normalized spacial score (nSPS) is 22.7. The van der Waals surface area contributed by atoms with Crippen LogP contribution in [0.1, 0.15) is 123 Å². The SMILES string of the molecule is CCCCCCCCCCCC[C@@H](N[C@@H](C)C(=O)[C@]12CCC[C@H]1C[C@H](OC(=O)OCc1ccccc1)N2)C(=O)OCC. The first kappa shape index (κ1) is 34.0. The van der Waals surface area contributed by atoms with E-state index in [0.29, 0.717) is 25.9 Å². The molecule has 0 spiro atoms. The van der Waals surface area contributed by atoms with Gasteiger partial charge >= 0.3 is 12.1 Å². The van der Waals surface area contributed by atoms with Gasteiger partial charge in [-0.15, -0.1) is 0 Å². The van der Waals surface area contributed by atoms with E-state index in [4.69, 9.17) is 14.2 Å². The molecule has 2 fully saturated rings. The number of carbonyl (C=O) groups is 3. The number of carbonyl (C=O) groups excluding carboxylic acids is 3. The van der Waals surface area contributed by atoms with Crippen molar-refractivity contribution in [3.8, 4) is 0 Å². The molecule has 8 heteroatoms. The number of fused-ring (bicyclic) bond motifs is 1. The Bertz CT molecular complexity index is 957. The zero-order valence-corrected chi connectivity index (χ0v) is 26.2. The molecule has 0 aromatic heterocycles. The molecule has 3 rings (SSSR count). The van der Waals surface area contributed by atoms with Gasteiger partial charge in [-0.3, -0.25) is 20.2 Å². The van der Waals surface area contributed by atoms with E-state index in [-0.39, 0.29) is 24.3 Å². The number of hydrogen-bond donors (Lipinski definition) is 2. The lowest BCUT2D eigenvalue weighted by Crippen LogP contribution is -2.59. The van der Waals surface area contributed by atoms with Gasteiger partial charge in [-0.1, -0.05) is 108 Å². The van der Waals surface area contributed by atoms with Crippen molar-refractivity contribution in [1.29, 1.82) is 0 Å². The first-order valence-electron chi connectivity index (χ1n) is 16.5. The molecule has 2 aliphatic rings. The lowest BCUT2D eigenvalue weighted by Gasteiger charge is -2.33. The van der Waals surface area contributed by atoms with Crippen molar-refractivity contribution in [2.24, 2.45) is 5.92 Å². The van der Waals surface area contributed by atoms with Crippen LogP contribution in [0, 0.1) is 5.92 Å². The number of nitrogens with one attached hydrogen (secondary N) is 2. The summed E-state index contributed by atoms with van der Waals surface area (Å²) in [5.41, 5.74) is 0.110. The monoisotopic (exact) mass is 586 g/mol. The van der Waals surface area contributed by atoms with E-state index >= 15 is 0 Å². The topological polar surface area (TPSA) is 103 Å². The molecule has 236 valence electrons. The fourth-order valence-electron chi connectivity index (χ4n) is 6.64. The summed E-state index contributed by atoms with van der Waals surface area (Å²) in [6, 6.07) is 8.38. The van der Waals surface area contributed by atoms with E-state index in [9.17, 15) is 14.4 Å². The van der Waals surface area contributed by atoms with Crippen LogP contribution in [-0.4, -0.2) is 48.4 Å². The number of rotatable bonds is 20. The molecule has 42 heavy (non-hydrogen) atoms. The van der Waals surface area contributed by atoms with Gasteiger partial charge in [0.15, 0.2) is 12.0 Å². The molecule has 1 aromatic rings. The molecule has 0 amide bonds. The maximum atomic E-state index is 13.9. The second kappa shape index (κ2) is 18.3. The van der Waals surface area contributed by atoms with E-state index in [1.54, 1.807) is 6.92 Å². The third-order valence-electron chi connectivity index (χ3n) is 8.88. The summed E-state index contributed by atoms with van der Waals surface area (Å²) >= 11 is 0. The minimum Gasteiger partial charge on any atom is -0.465 e. The van der Waals surface area contributed by atoms with Gasteiger partial charge in [-0.05, 0) is 44.6 Å². The Hall–Kier alpha value is -2.45. The largest absolute Gasteiger partial charge is 0.510 e. The van der Waals surface area contributed by atoms with Gasteiger partial charge in [0, 0.05) is 6.42 Å². The molecule has 1 saturated carbocycles. The zero-order valence-electron chi connectivity index (χ0n) is 26.2. The van der Waals surface area contributed by atoms with Crippen molar-refractivity contribution in [2.45, 2.75) is 148 Å². The highest BCUT2D eigenvalue weighted by Crippen LogP contribution is 2.45. The highest BCUT2D eigenvalue weighted by atomic mass is 16.7. The minimum atomic E-state index is -0.771. The molecule has 1 aliphatic heterocycles. The average Bonchev–Trinajstić information content (AvgIpc) is 3.54. The molecule has 1 aromatic carbocycles. The number of hydrogen-bond acceptors (Lipinski definition) is 8. The summed E-state index contributed by atoms with van der Waals surface area (Å²) in [7, 11) is 0. The first-order valence-corrected chi connectivity index (χ1v) is 16.5. The molecular weight excluding hydrogens is 532 g/mol. The van der Waals surface area contributed by atoms with Crippen molar-refractivity contribution in [3.63, 3.8) is 0 Å². The Morgan fingerprint density at radius 1 is 0.952 bits per heavy atom. The van der Waals surface area contributed by atoms with Crippen LogP contribution >= 0.6 is 0 Å². The molecule has 1 aliphatic carbocycles. The molecule has 0 radical (unpaired) electrons. The van der Waals surface area contributed by atoms with Crippen LogP contribution in [0.5, 0.6) is 0 Å². The van der Waals surface area contributed by atoms with Crippen molar-refractivity contribution in [1.82, 2.24) is 10.6 Å². The van der Waals surface area contributed by atoms with Crippen LogP contribution in [0.3, 0.4) is 0 Å². The summed E-state index contributed by atoms with van der Waals surface area (Å²) in [6.07, 6.45) is 14.7. The number of unbranched alkanes of at least 4 members (excludes halogenated alkanes) is 9. The maximum absolute atomic E-state index is 13.9. The van der Waals surface area contributed by atoms with Crippen LogP contribution in [-0.2, 0) is 30.4 Å². The molecule has 1 saturated heterocycles. The molecule has 8 nitrogen and oxygen atoms in total. The van der Waals surface area contributed by atoms with Crippen molar-refractivity contribution in [3.05, 3.63) is 35.9 Å². The van der Waals surface area contributed by atoms with Crippen molar-refractivity contribution < 1.29 is 28.6 Å². The summed E-state index contributed by atoms with van der Waals surface area (Å²) in [5, 5.41) is 6.68. The minimum absolute atomic E-state index is 0.0196. The fourth-order valence-corrected chi connectivity index (χ4v) is 6.64. The molecule has 5 atom stereocenters. The van der Waals surface area contributed by atoms with Crippen LogP contribution in [0.2, 0.25) is 0 Å². The second-order valence-corrected chi connectivity index (χ2v) is 12.1. The van der Waals surface area contributed by atoms with E-state index in [0.717, 1.165) is 31.2 Å². The number of ketones is 1. The fraction of sp³-hybridized carbons (Fsp3) is 0.735. The Morgan fingerprint density at radius 3 is 2.29 bits per heavy atom. The predicted molar refractivity (Wildman–Crippen MR) is 164 cm³/mol. The maximum Gasteiger partial charge on any atom is 0.510 e. The van der Waals surface area contributed by atoms with Gasteiger partial charge < -0.3 is 14.2 Å². The van der Waals surface area contributed by atoms with Crippen LogP contribution in [0.25, 0.3) is 0 Å². The number of Topliss-reactive ketones (excluding diaryl/α,β-unsaturated/α-hetero) is 1. The van der Waals surface area contributed by atoms with Crippen molar-refractivity contribution >= 4 is 17.9 Å². The van der Waals surface area contributed by atoms with Crippen LogP contribution < -0.4 is 10.6 Å². The summed E-state index contributed by atoms with van der Waals surface area (Å²) < 4.78 is 16.2. The molecular formula is C34H54N2O6. The van der Waals surface area contributed by atoms with Crippen LogP contribution in [0.4, 0.5) is 4.79 Å². The highest BCUT2D eigenvalue weighted by molar-refractivity contribution is 5.94. The van der Waals surface area contributed by atoms with Crippen molar-refractivity contribution in [2.75, 3.05) is 6.61 Å². The predicted octanol–water partition coefficient (Wildman–Crippen LogP) is 6.99. The first-order chi connectivity index (χ1) is 20.4. The molecule has 0 bridgehead atoms. The Kier molecular flexibility index (Phi) is 14.8. The van der Waals surface area contributed by atoms with E-state index in [2.05, 4.69) is 17.6 Å². The van der Waals surface area contributed by atoms with Gasteiger partial charge in [-0.25, -0.2) is 4.79 Å². The van der Waals surface area contributed by atoms with Crippen LogP contribution in [0.15, 0.2) is 30.3 Å². The number of benzene rings is 1. The standard InChI is InChI=1S/C34H54N2O6/c1-4-6-7-8-9-10-11-12-13-17-22-29(32(38)40-5-2)35-26(3)31(37)34-23-18-21-28(34)24-30(36-34)42-33(39)41-25-27-19-15-14-16-20-27/h14-16,19-20,26,28-30,35-36H,4-13,17-18,21-25H2,1-3H3/t26-,28-,29+,30-,34-/m0/s1. The molecule has 1 heterocycles. The highest BCUT2D eigenvalue weighted by Gasteiger charge is 2.56. The average molecular weight is 587 g/mol. The number of ether oxygens (including phenoxy) is 3. The lowest BCUT2D eigenvalue weighted by atomic mass is 9.82. The van der Waals surface area contributed by atoms with Gasteiger partial charge in [-0.2, -0.15) is 0 Å². The lowest BCUT2D eigenvalue weighted by molar-refractivity contribution is -0.146. The van der Waals surface area contributed by atoms with Gasteiger partial charge in [0.2, 0.25) is 0 Å².